The summed E-state index contributed by atoms with van der Waals surface area (Å²) in [5.41, 5.74) is 1.91. The summed E-state index contributed by atoms with van der Waals surface area (Å²) in [6.45, 7) is 1.68. The fourth-order valence-corrected chi connectivity index (χ4v) is 3.23. The number of carbonyl (C=O) groups excluding carboxylic acids is 2. The summed E-state index contributed by atoms with van der Waals surface area (Å²) in [4.78, 5) is 25.4. The van der Waals surface area contributed by atoms with Crippen molar-refractivity contribution in [1.82, 2.24) is 10.6 Å². The van der Waals surface area contributed by atoms with Gasteiger partial charge in [-0.15, -0.1) is 0 Å². The Balaban J connectivity index is 2.04. The molecule has 1 unspecified atom stereocenters. The zero-order chi connectivity index (χ0) is 21.0. The van der Waals surface area contributed by atoms with Crippen LogP contribution in [0.2, 0.25) is 0 Å². The Morgan fingerprint density at radius 2 is 1.72 bits per heavy atom. The lowest BCUT2D eigenvalue weighted by atomic mass is 9.93. The van der Waals surface area contributed by atoms with Crippen LogP contribution in [0.15, 0.2) is 53.7 Å². The number of methoxy groups -OCH3 is 3. The van der Waals surface area contributed by atoms with E-state index in [1.165, 1.54) is 14.2 Å². The van der Waals surface area contributed by atoms with Crippen molar-refractivity contribution in [2.45, 2.75) is 13.0 Å². The number of anilines is 1. The maximum atomic E-state index is 13.2. The Labute approximate surface area is 168 Å². The number of para-hydroxylation sites is 2. The SMILES string of the molecule is COc1ccc(OC)c(C2NC(=O)NC(C)=C2C(=O)Nc2ccccc2OC)c1. The second-order valence-corrected chi connectivity index (χ2v) is 6.33. The minimum absolute atomic E-state index is 0.349. The van der Waals surface area contributed by atoms with E-state index in [9.17, 15) is 9.59 Å². The minimum atomic E-state index is -0.733. The van der Waals surface area contributed by atoms with Crippen LogP contribution in [0, 0.1) is 0 Å². The highest BCUT2D eigenvalue weighted by Crippen LogP contribution is 2.36. The van der Waals surface area contributed by atoms with Gasteiger partial charge >= 0.3 is 6.03 Å². The summed E-state index contributed by atoms with van der Waals surface area (Å²) < 4.78 is 16.1. The number of hydrogen-bond acceptors (Lipinski definition) is 5. The van der Waals surface area contributed by atoms with Crippen molar-refractivity contribution in [3.05, 3.63) is 59.3 Å². The fraction of sp³-hybridized carbons (Fsp3) is 0.238. The molecule has 0 saturated carbocycles. The van der Waals surface area contributed by atoms with Gasteiger partial charge in [-0.05, 0) is 37.3 Å². The number of amides is 3. The zero-order valence-corrected chi connectivity index (χ0v) is 16.7. The molecule has 8 heteroatoms. The summed E-state index contributed by atoms with van der Waals surface area (Å²) >= 11 is 0. The largest absolute Gasteiger partial charge is 0.497 e. The van der Waals surface area contributed by atoms with Gasteiger partial charge < -0.3 is 30.2 Å². The van der Waals surface area contributed by atoms with Crippen LogP contribution in [0.25, 0.3) is 0 Å². The molecule has 1 heterocycles. The minimum Gasteiger partial charge on any atom is -0.497 e. The Kier molecular flexibility index (Phi) is 5.92. The van der Waals surface area contributed by atoms with Gasteiger partial charge in [0.2, 0.25) is 0 Å². The Bertz CT molecular complexity index is 971. The van der Waals surface area contributed by atoms with Crippen molar-refractivity contribution < 1.29 is 23.8 Å². The Hall–Kier alpha value is -3.68. The highest BCUT2D eigenvalue weighted by Gasteiger charge is 2.33. The molecule has 1 aliphatic rings. The molecule has 0 saturated heterocycles. The van der Waals surface area contributed by atoms with Crippen LogP contribution in [-0.4, -0.2) is 33.3 Å². The van der Waals surface area contributed by atoms with Crippen LogP contribution in [0.3, 0.4) is 0 Å². The highest BCUT2D eigenvalue weighted by molar-refractivity contribution is 6.07. The number of urea groups is 1. The van der Waals surface area contributed by atoms with Gasteiger partial charge in [-0.3, -0.25) is 4.79 Å². The summed E-state index contributed by atoms with van der Waals surface area (Å²) in [7, 11) is 4.60. The van der Waals surface area contributed by atoms with Crippen molar-refractivity contribution in [3.8, 4) is 17.2 Å². The quantitative estimate of drug-likeness (QED) is 0.696. The molecule has 0 aliphatic carbocycles. The molecule has 152 valence electrons. The van der Waals surface area contributed by atoms with Crippen LogP contribution in [0.1, 0.15) is 18.5 Å². The molecule has 29 heavy (non-hydrogen) atoms. The van der Waals surface area contributed by atoms with Crippen molar-refractivity contribution in [1.29, 1.82) is 0 Å². The average Bonchev–Trinajstić information content (AvgIpc) is 2.72. The summed E-state index contributed by atoms with van der Waals surface area (Å²) in [6.07, 6.45) is 0. The van der Waals surface area contributed by atoms with E-state index in [1.54, 1.807) is 50.4 Å². The lowest BCUT2D eigenvalue weighted by Crippen LogP contribution is -2.46. The molecule has 3 amide bonds. The first-order valence-corrected chi connectivity index (χ1v) is 8.93. The van der Waals surface area contributed by atoms with Crippen LogP contribution in [-0.2, 0) is 4.79 Å². The topological polar surface area (TPSA) is 97.9 Å². The second-order valence-electron chi connectivity index (χ2n) is 6.33. The third-order valence-electron chi connectivity index (χ3n) is 4.62. The molecular weight excluding hydrogens is 374 g/mol. The van der Waals surface area contributed by atoms with Crippen LogP contribution < -0.4 is 30.2 Å². The lowest BCUT2D eigenvalue weighted by Gasteiger charge is -2.29. The molecule has 0 fully saturated rings. The molecule has 2 aromatic carbocycles. The van der Waals surface area contributed by atoms with Crippen LogP contribution >= 0.6 is 0 Å². The van der Waals surface area contributed by atoms with Gasteiger partial charge in [0, 0.05) is 11.3 Å². The van der Waals surface area contributed by atoms with E-state index < -0.39 is 12.1 Å². The molecule has 0 aromatic heterocycles. The maximum Gasteiger partial charge on any atom is 0.319 e. The van der Waals surface area contributed by atoms with Crippen molar-refractivity contribution in [3.63, 3.8) is 0 Å². The number of carbonyl (C=O) groups is 2. The van der Waals surface area contributed by atoms with E-state index >= 15 is 0 Å². The van der Waals surface area contributed by atoms with Gasteiger partial charge in [0.05, 0.1) is 38.6 Å². The first-order valence-electron chi connectivity index (χ1n) is 8.93. The van der Waals surface area contributed by atoms with Crippen molar-refractivity contribution in [2.75, 3.05) is 26.6 Å². The maximum absolute atomic E-state index is 13.2. The third-order valence-corrected chi connectivity index (χ3v) is 4.62. The Morgan fingerprint density at radius 3 is 2.41 bits per heavy atom. The third kappa shape index (κ3) is 4.11. The van der Waals surface area contributed by atoms with E-state index in [0.29, 0.717) is 39.8 Å². The zero-order valence-electron chi connectivity index (χ0n) is 16.7. The van der Waals surface area contributed by atoms with Crippen molar-refractivity contribution in [2.24, 2.45) is 0 Å². The van der Waals surface area contributed by atoms with Gasteiger partial charge in [-0.1, -0.05) is 12.1 Å². The van der Waals surface area contributed by atoms with E-state index in [1.807, 2.05) is 6.07 Å². The van der Waals surface area contributed by atoms with Crippen LogP contribution in [0.4, 0.5) is 10.5 Å². The first-order chi connectivity index (χ1) is 14.0. The van der Waals surface area contributed by atoms with Gasteiger partial charge in [-0.2, -0.15) is 0 Å². The molecule has 0 bridgehead atoms. The van der Waals surface area contributed by atoms with Gasteiger partial charge in [0.25, 0.3) is 5.91 Å². The molecule has 0 radical (unpaired) electrons. The number of hydrogen-bond donors (Lipinski definition) is 3. The number of allylic oxidation sites excluding steroid dienone is 1. The first kappa shape index (κ1) is 20.1. The van der Waals surface area contributed by atoms with E-state index in [4.69, 9.17) is 14.2 Å². The van der Waals surface area contributed by atoms with Gasteiger partial charge in [0.15, 0.2) is 0 Å². The van der Waals surface area contributed by atoms with E-state index in [0.717, 1.165) is 0 Å². The molecule has 3 N–H and O–H groups in total. The molecule has 1 atom stereocenters. The normalized spacial score (nSPS) is 15.9. The predicted octanol–water partition coefficient (Wildman–Crippen LogP) is 2.98. The number of rotatable bonds is 6. The molecule has 3 rings (SSSR count). The monoisotopic (exact) mass is 397 g/mol. The number of nitrogens with one attached hydrogen (secondary N) is 3. The van der Waals surface area contributed by atoms with E-state index in [2.05, 4.69) is 16.0 Å². The fourth-order valence-electron chi connectivity index (χ4n) is 3.23. The van der Waals surface area contributed by atoms with Crippen LogP contribution in [0.5, 0.6) is 17.2 Å². The smallest absolute Gasteiger partial charge is 0.319 e. The molecular formula is C21H23N3O5. The lowest BCUT2D eigenvalue weighted by molar-refractivity contribution is -0.113. The average molecular weight is 397 g/mol. The summed E-state index contributed by atoms with van der Waals surface area (Å²) in [5, 5.41) is 8.31. The van der Waals surface area contributed by atoms with E-state index in [-0.39, 0.29) is 5.91 Å². The summed E-state index contributed by atoms with van der Waals surface area (Å²) in [5.74, 6) is 1.25. The molecule has 1 aliphatic heterocycles. The standard InChI is InChI=1S/C21H23N3O5/c1-12-18(20(25)23-15-7-5-6-8-17(15)29-4)19(24-21(26)22-12)14-11-13(27-2)9-10-16(14)28-3/h5-11,19H,1-4H3,(H,23,25)(H2,22,24,26). The summed E-state index contributed by atoms with van der Waals surface area (Å²) in [6, 6.07) is 11.2. The number of ether oxygens (including phenoxy) is 3. The van der Waals surface area contributed by atoms with Crippen molar-refractivity contribution >= 4 is 17.6 Å². The second kappa shape index (κ2) is 8.55. The van der Waals surface area contributed by atoms with Gasteiger partial charge in [0.1, 0.15) is 17.2 Å². The predicted molar refractivity (Wildman–Crippen MR) is 108 cm³/mol. The Morgan fingerprint density at radius 1 is 1.00 bits per heavy atom. The number of benzene rings is 2. The molecule has 8 nitrogen and oxygen atoms in total. The molecule has 2 aromatic rings. The highest BCUT2D eigenvalue weighted by atomic mass is 16.5. The molecule has 0 spiro atoms. The van der Waals surface area contributed by atoms with Gasteiger partial charge in [-0.25, -0.2) is 4.79 Å².